The zero-order valence-corrected chi connectivity index (χ0v) is 21.8. The fraction of sp³-hybridized carbons (Fsp3) is 0.250. The quantitative estimate of drug-likeness (QED) is 0.361. The number of anilines is 1. The summed E-state index contributed by atoms with van der Waals surface area (Å²) >= 11 is 1.61. The van der Waals surface area contributed by atoms with Crippen LogP contribution in [0.15, 0.2) is 66.3 Å². The zero-order valence-electron chi connectivity index (χ0n) is 21.0. The lowest BCUT2D eigenvalue weighted by Crippen LogP contribution is -2.48. The number of fused-ring (bicyclic) bond motifs is 2. The lowest BCUT2D eigenvalue weighted by molar-refractivity contribution is -0.130. The number of benzene rings is 2. The molecule has 10 heteroatoms. The van der Waals surface area contributed by atoms with Crippen molar-refractivity contribution in [3.05, 3.63) is 77.7 Å². The van der Waals surface area contributed by atoms with Crippen molar-refractivity contribution in [1.29, 1.82) is 0 Å². The molecule has 1 N–H and O–H groups in total. The van der Waals surface area contributed by atoms with Crippen molar-refractivity contribution in [2.75, 3.05) is 38.0 Å². The second-order valence-electron chi connectivity index (χ2n) is 9.35. The van der Waals surface area contributed by atoms with Gasteiger partial charge >= 0.3 is 0 Å². The fourth-order valence-electron chi connectivity index (χ4n) is 4.77. The molecular formula is C28H27N7O2S. The molecule has 0 spiro atoms. The van der Waals surface area contributed by atoms with E-state index in [2.05, 4.69) is 30.0 Å². The summed E-state index contributed by atoms with van der Waals surface area (Å²) in [6, 6.07) is 15.1. The van der Waals surface area contributed by atoms with Gasteiger partial charge in [-0.3, -0.25) is 23.9 Å². The van der Waals surface area contributed by atoms with Crippen LogP contribution in [0.4, 0.5) is 5.69 Å². The molecule has 0 bridgehead atoms. The van der Waals surface area contributed by atoms with Crippen LogP contribution >= 0.6 is 11.3 Å². The van der Waals surface area contributed by atoms with Gasteiger partial charge in [-0.15, -0.1) is 11.3 Å². The first-order valence-electron chi connectivity index (χ1n) is 12.6. The number of nitrogens with one attached hydrogen (secondary N) is 1. The van der Waals surface area contributed by atoms with Crippen LogP contribution in [0.3, 0.4) is 0 Å². The lowest BCUT2D eigenvalue weighted by Gasteiger charge is -2.34. The number of carbonyl (C=O) groups excluding carboxylic acids is 2. The molecule has 4 heterocycles. The third-order valence-electron chi connectivity index (χ3n) is 6.92. The molecule has 0 unspecified atom stereocenters. The van der Waals surface area contributed by atoms with Gasteiger partial charge in [-0.2, -0.15) is 0 Å². The topological polar surface area (TPSA) is 95.7 Å². The monoisotopic (exact) mass is 525 g/mol. The van der Waals surface area contributed by atoms with Crippen molar-refractivity contribution >= 4 is 44.8 Å². The van der Waals surface area contributed by atoms with Gasteiger partial charge in [0.25, 0.3) is 5.91 Å². The van der Waals surface area contributed by atoms with Crippen LogP contribution in [0.25, 0.3) is 27.3 Å². The van der Waals surface area contributed by atoms with Crippen LogP contribution in [-0.2, 0) is 11.2 Å². The van der Waals surface area contributed by atoms with Gasteiger partial charge in [0, 0.05) is 68.9 Å². The van der Waals surface area contributed by atoms with Gasteiger partial charge < -0.3 is 10.2 Å². The number of hydrogen-bond donors (Lipinski definition) is 1. The highest BCUT2D eigenvalue weighted by atomic mass is 32.1. The van der Waals surface area contributed by atoms with E-state index in [1.54, 1.807) is 18.3 Å². The van der Waals surface area contributed by atoms with Gasteiger partial charge in [0.15, 0.2) is 4.96 Å². The maximum absolute atomic E-state index is 13.0. The number of carbonyl (C=O) groups is 2. The Morgan fingerprint density at radius 3 is 2.55 bits per heavy atom. The molecule has 6 rings (SSSR count). The zero-order chi connectivity index (χ0) is 26.1. The fourth-order valence-corrected chi connectivity index (χ4v) is 5.67. The molecule has 9 nitrogen and oxygen atoms in total. The number of nitrogens with zero attached hydrogens (tertiary/aromatic N) is 6. The maximum Gasteiger partial charge on any atom is 0.275 e. The number of hydrogen-bond acceptors (Lipinski definition) is 7. The van der Waals surface area contributed by atoms with E-state index in [0.717, 1.165) is 60.9 Å². The molecule has 0 radical (unpaired) electrons. The van der Waals surface area contributed by atoms with Crippen molar-refractivity contribution in [2.45, 2.75) is 13.3 Å². The molecule has 2 aromatic carbocycles. The van der Waals surface area contributed by atoms with E-state index in [-0.39, 0.29) is 17.5 Å². The summed E-state index contributed by atoms with van der Waals surface area (Å²) in [6.45, 7) is 5.95. The van der Waals surface area contributed by atoms with Gasteiger partial charge in [0.2, 0.25) is 5.91 Å². The Balaban J connectivity index is 1.18. The maximum atomic E-state index is 13.0. The third-order valence-corrected chi connectivity index (χ3v) is 7.81. The van der Waals surface area contributed by atoms with Crippen LogP contribution in [0.1, 0.15) is 23.1 Å². The minimum absolute atomic E-state index is 0.150. The van der Waals surface area contributed by atoms with Crippen LogP contribution in [0.5, 0.6) is 0 Å². The number of piperazine rings is 1. The second-order valence-corrected chi connectivity index (χ2v) is 10.2. The molecule has 1 aliphatic heterocycles. The predicted molar refractivity (Wildman–Crippen MR) is 148 cm³/mol. The predicted octanol–water partition coefficient (Wildman–Crippen LogP) is 3.96. The highest BCUT2D eigenvalue weighted by Gasteiger charge is 2.20. The lowest BCUT2D eigenvalue weighted by atomic mass is 10.1. The molecule has 3 aromatic heterocycles. The van der Waals surface area contributed by atoms with E-state index in [0.29, 0.717) is 11.2 Å². The van der Waals surface area contributed by atoms with E-state index in [4.69, 9.17) is 4.98 Å². The molecule has 0 aliphatic carbocycles. The molecule has 38 heavy (non-hydrogen) atoms. The molecular weight excluding hydrogens is 498 g/mol. The van der Waals surface area contributed by atoms with Gasteiger partial charge in [0.1, 0.15) is 5.69 Å². The van der Waals surface area contributed by atoms with E-state index in [1.807, 2.05) is 59.6 Å². The third kappa shape index (κ3) is 4.88. The van der Waals surface area contributed by atoms with E-state index < -0.39 is 0 Å². The summed E-state index contributed by atoms with van der Waals surface area (Å²) in [4.78, 5) is 43.5. The Bertz CT molecular complexity index is 1630. The molecule has 1 aliphatic rings. The number of para-hydroxylation sites is 3. The molecule has 192 valence electrons. The summed E-state index contributed by atoms with van der Waals surface area (Å²) in [5.41, 5.74) is 5.20. The van der Waals surface area contributed by atoms with Crippen molar-refractivity contribution in [1.82, 2.24) is 29.2 Å². The number of aromatic nitrogens is 4. The molecule has 0 saturated carbocycles. The Hall–Kier alpha value is -4.15. The van der Waals surface area contributed by atoms with Gasteiger partial charge in [-0.05, 0) is 18.2 Å². The number of rotatable bonds is 6. The average Bonchev–Trinajstić information content (AvgIpc) is 3.53. The summed E-state index contributed by atoms with van der Waals surface area (Å²) in [6.07, 6.45) is 4.43. The van der Waals surface area contributed by atoms with Crippen molar-refractivity contribution in [2.24, 2.45) is 0 Å². The van der Waals surface area contributed by atoms with Gasteiger partial charge in [-0.1, -0.05) is 30.3 Å². The summed E-state index contributed by atoms with van der Waals surface area (Å²) in [7, 11) is 0. The molecule has 1 saturated heterocycles. The van der Waals surface area contributed by atoms with Crippen molar-refractivity contribution in [3.63, 3.8) is 0 Å². The Morgan fingerprint density at radius 1 is 0.974 bits per heavy atom. The molecule has 5 aromatic rings. The minimum atomic E-state index is -0.317. The highest BCUT2D eigenvalue weighted by molar-refractivity contribution is 7.15. The van der Waals surface area contributed by atoms with Gasteiger partial charge in [-0.25, -0.2) is 9.97 Å². The standard InChI is InChI=1S/C28H27N7O2S/c1-19(36)34-14-12-33(13-15-34)11-10-20-18-38-28-32-26(17-35(20)28)21-6-2-3-7-22(21)31-27(37)25-16-29-23-8-4-5-9-24(23)30-25/h2-9,16-18H,10-15H2,1H3,(H,31,37). The first-order valence-corrected chi connectivity index (χ1v) is 13.5. The van der Waals surface area contributed by atoms with Crippen LogP contribution in [-0.4, -0.2) is 73.7 Å². The highest BCUT2D eigenvalue weighted by Crippen LogP contribution is 2.30. The number of thiazole rings is 1. The van der Waals surface area contributed by atoms with E-state index in [1.165, 1.54) is 11.9 Å². The summed E-state index contributed by atoms with van der Waals surface area (Å²) < 4.78 is 2.14. The number of amides is 2. The smallest absolute Gasteiger partial charge is 0.275 e. The van der Waals surface area contributed by atoms with Crippen LogP contribution in [0.2, 0.25) is 0 Å². The van der Waals surface area contributed by atoms with Crippen molar-refractivity contribution in [3.8, 4) is 11.3 Å². The second kappa shape index (κ2) is 10.3. The summed E-state index contributed by atoms with van der Waals surface area (Å²) in [5.74, 6) is -0.168. The molecule has 2 amide bonds. The Labute approximate surface area is 223 Å². The number of imidazole rings is 1. The van der Waals surface area contributed by atoms with Gasteiger partial charge in [0.05, 0.1) is 28.6 Å². The average molecular weight is 526 g/mol. The minimum Gasteiger partial charge on any atom is -0.340 e. The molecule has 0 atom stereocenters. The summed E-state index contributed by atoms with van der Waals surface area (Å²) in [5, 5.41) is 5.16. The van der Waals surface area contributed by atoms with E-state index in [9.17, 15) is 9.59 Å². The first-order chi connectivity index (χ1) is 18.5. The largest absolute Gasteiger partial charge is 0.340 e. The van der Waals surface area contributed by atoms with Crippen LogP contribution in [0, 0.1) is 0 Å². The normalized spacial score (nSPS) is 14.3. The van der Waals surface area contributed by atoms with Crippen LogP contribution < -0.4 is 5.32 Å². The SMILES string of the molecule is CC(=O)N1CCN(CCc2csc3nc(-c4ccccc4NC(=O)c4cnc5ccccc5n4)cn23)CC1. The van der Waals surface area contributed by atoms with Crippen molar-refractivity contribution < 1.29 is 9.59 Å². The molecule has 1 fully saturated rings. The Kier molecular flexibility index (Phi) is 6.57. The van der Waals surface area contributed by atoms with E-state index >= 15 is 0 Å². The first kappa shape index (κ1) is 24.2. The Morgan fingerprint density at radius 2 is 1.74 bits per heavy atom.